The summed E-state index contributed by atoms with van der Waals surface area (Å²) in [6.07, 6.45) is 1.68. The van der Waals surface area contributed by atoms with E-state index >= 15 is 0 Å². The fourth-order valence-corrected chi connectivity index (χ4v) is 6.71. The van der Waals surface area contributed by atoms with Gasteiger partial charge in [0.15, 0.2) is 0 Å². The van der Waals surface area contributed by atoms with E-state index in [-0.39, 0.29) is 12.3 Å². The molecule has 0 radical (unpaired) electrons. The van der Waals surface area contributed by atoms with Gasteiger partial charge in [-0.15, -0.1) is 0 Å². The van der Waals surface area contributed by atoms with Crippen LogP contribution in [-0.2, 0) is 6.54 Å². The summed E-state index contributed by atoms with van der Waals surface area (Å²) in [7, 11) is 0. The van der Waals surface area contributed by atoms with Crippen LogP contribution < -0.4 is 16.0 Å². The van der Waals surface area contributed by atoms with Crippen LogP contribution in [0.1, 0.15) is 34.8 Å². The van der Waals surface area contributed by atoms with Crippen LogP contribution in [0, 0.1) is 0 Å². The average Bonchev–Trinajstić information content (AvgIpc) is 3.50. The molecule has 5 nitrogen and oxygen atoms in total. The Kier molecular flexibility index (Phi) is 6.03. The number of furan rings is 1. The lowest BCUT2D eigenvalue weighted by atomic mass is 9.97. The third-order valence-electron chi connectivity index (χ3n) is 8.98. The van der Waals surface area contributed by atoms with E-state index in [9.17, 15) is 0 Å². The van der Waals surface area contributed by atoms with Gasteiger partial charge in [-0.25, -0.2) is 0 Å². The smallest absolute Gasteiger partial charge is 0.135 e. The van der Waals surface area contributed by atoms with Gasteiger partial charge in [-0.3, -0.25) is 10.3 Å². The van der Waals surface area contributed by atoms with E-state index in [2.05, 4.69) is 137 Å². The summed E-state index contributed by atoms with van der Waals surface area (Å²) in [4.78, 5) is 4.70. The lowest BCUT2D eigenvalue weighted by molar-refractivity contribution is 0.313. The Balaban J connectivity index is 1.15. The Morgan fingerprint density at radius 3 is 2.04 bits per heavy atom. The molecule has 3 N–H and O–H groups in total. The molecule has 7 aromatic rings. The van der Waals surface area contributed by atoms with Crippen LogP contribution >= 0.6 is 0 Å². The fraction of sp³-hybridized carbons (Fsp3) is 0.0750. The predicted molar refractivity (Wildman–Crippen MR) is 184 cm³/mol. The Morgan fingerprint density at radius 1 is 0.578 bits per heavy atom. The maximum absolute atomic E-state index is 6.25. The van der Waals surface area contributed by atoms with E-state index in [1.165, 1.54) is 32.7 Å². The molecule has 2 unspecified atom stereocenters. The summed E-state index contributed by atoms with van der Waals surface area (Å²) in [5.41, 5.74) is 7.75. The average molecular weight is 583 g/mol. The molecule has 2 atom stereocenters. The maximum Gasteiger partial charge on any atom is 0.135 e. The molecule has 216 valence electrons. The number of para-hydroxylation sites is 1. The highest BCUT2D eigenvalue weighted by Crippen LogP contribution is 2.37. The van der Waals surface area contributed by atoms with Crippen molar-refractivity contribution < 1.29 is 4.42 Å². The minimum atomic E-state index is -0.152. The summed E-state index contributed by atoms with van der Waals surface area (Å²) in [5.74, 6) is 1.81. The van der Waals surface area contributed by atoms with Crippen molar-refractivity contribution in [3.63, 3.8) is 0 Å². The van der Waals surface area contributed by atoms with Crippen molar-refractivity contribution in [1.82, 2.24) is 16.0 Å². The molecule has 2 aliphatic rings. The van der Waals surface area contributed by atoms with Crippen molar-refractivity contribution in [3.05, 3.63) is 162 Å². The first kappa shape index (κ1) is 25.8. The quantitative estimate of drug-likeness (QED) is 0.195. The second-order valence-electron chi connectivity index (χ2n) is 11.8. The summed E-state index contributed by atoms with van der Waals surface area (Å²) in [5, 5.41) is 17.4. The van der Waals surface area contributed by atoms with E-state index in [0.29, 0.717) is 6.54 Å². The summed E-state index contributed by atoms with van der Waals surface area (Å²) in [6.45, 7) is 0.534. The van der Waals surface area contributed by atoms with E-state index < -0.39 is 0 Å². The first-order chi connectivity index (χ1) is 22.3. The molecule has 45 heavy (non-hydrogen) atoms. The number of hydrogen-bond donors (Lipinski definition) is 3. The molecule has 2 aliphatic heterocycles. The van der Waals surface area contributed by atoms with Crippen molar-refractivity contribution in [2.75, 3.05) is 0 Å². The van der Waals surface area contributed by atoms with Crippen molar-refractivity contribution in [2.45, 2.75) is 18.9 Å². The number of benzene rings is 6. The van der Waals surface area contributed by atoms with Gasteiger partial charge in [-0.2, -0.15) is 0 Å². The van der Waals surface area contributed by atoms with Crippen LogP contribution in [0.3, 0.4) is 0 Å². The molecule has 0 saturated carbocycles. The first-order valence-corrected chi connectivity index (χ1v) is 15.4. The number of hydrogen-bond acceptors (Lipinski definition) is 5. The summed E-state index contributed by atoms with van der Waals surface area (Å²) >= 11 is 0. The standard InChI is InChI=1S/C40H30N4O/c1-2-8-25(9-3-1)28-15-16-30-22-32(19-17-29(30)20-28)39-42-38(31-18-14-26-10-4-5-11-27(26)21-31)43-40(44-39)34-23-41-24-36-37(34)33-12-6-7-13-35(33)45-36/h1-23,38-39,42-44H,24H2. The SMILES string of the molecule is C1=NCc2oc3ccccc3c2C1=C1NC(c2ccc3ccccc3c2)NC(c2ccc3cc(-c4ccccc4)ccc3c2)N1. The van der Waals surface area contributed by atoms with Crippen molar-refractivity contribution in [2.24, 2.45) is 4.99 Å². The van der Waals surface area contributed by atoms with E-state index in [1.54, 1.807) is 0 Å². The monoisotopic (exact) mass is 582 g/mol. The van der Waals surface area contributed by atoms with Gasteiger partial charge < -0.3 is 15.1 Å². The molecule has 0 bridgehead atoms. The van der Waals surface area contributed by atoms with Gasteiger partial charge in [0.2, 0.25) is 0 Å². The molecule has 9 rings (SSSR count). The molecule has 1 fully saturated rings. The molecule has 1 saturated heterocycles. The first-order valence-electron chi connectivity index (χ1n) is 15.4. The number of allylic oxidation sites excluding steroid dienone is 1. The molecule has 1 aromatic heterocycles. The number of nitrogens with zero attached hydrogens (tertiary/aromatic N) is 1. The highest BCUT2D eigenvalue weighted by molar-refractivity contribution is 6.17. The summed E-state index contributed by atoms with van der Waals surface area (Å²) in [6, 6.07) is 47.4. The predicted octanol–water partition coefficient (Wildman–Crippen LogP) is 8.84. The van der Waals surface area contributed by atoms with Gasteiger partial charge in [0.05, 0.1) is 6.54 Å². The van der Waals surface area contributed by atoms with Gasteiger partial charge in [0.1, 0.15) is 29.5 Å². The second kappa shape index (κ2) is 10.5. The van der Waals surface area contributed by atoms with Crippen molar-refractivity contribution in [1.29, 1.82) is 0 Å². The van der Waals surface area contributed by atoms with Gasteiger partial charge in [-0.05, 0) is 68.1 Å². The molecular weight excluding hydrogens is 552 g/mol. The highest BCUT2D eigenvalue weighted by Gasteiger charge is 2.30. The fourth-order valence-electron chi connectivity index (χ4n) is 6.71. The van der Waals surface area contributed by atoms with Crippen LogP contribution in [0.2, 0.25) is 0 Å². The van der Waals surface area contributed by atoms with Gasteiger partial charge in [0, 0.05) is 22.7 Å². The van der Waals surface area contributed by atoms with E-state index in [0.717, 1.165) is 44.8 Å². The Morgan fingerprint density at radius 2 is 1.22 bits per heavy atom. The zero-order chi connectivity index (χ0) is 29.7. The lowest BCUT2D eigenvalue weighted by Gasteiger charge is -2.38. The van der Waals surface area contributed by atoms with E-state index in [4.69, 9.17) is 9.41 Å². The van der Waals surface area contributed by atoms with Gasteiger partial charge in [0.25, 0.3) is 0 Å². The summed E-state index contributed by atoms with van der Waals surface area (Å²) < 4.78 is 6.25. The Hall–Kier alpha value is -5.65. The minimum Gasteiger partial charge on any atom is -0.458 e. The molecule has 0 amide bonds. The highest BCUT2D eigenvalue weighted by atomic mass is 16.3. The molecule has 0 spiro atoms. The molecule has 0 aliphatic carbocycles. The van der Waals surface area contributed by atoms with Crippen LogP contribution in [0.25, 0.3) is 49.2 Å². The van der Waals surface area contributed by atoms with E-state index in [1.807, 2.05) is 18.3 Å². The molecular formula is C40H30N4O. The zero-order valence-corrected chi connectivity index (χ0v) is 24.5. The van der Waals surface area contributed by atoms with Gasteiger partial charge >= 0.3 is 0 Å². The Bertz CT molecular complexity index is 2300. The molecule has 5 heteroatoms. The van der Waals surface area contributed by atoms with Crippen LogP contribution in [-0.4, -0.2) is 6.21 Å². The Labute approximate surface area is 260 Å². The largest absolute Gasteiger partial charge is 0.458 e. The topological polar surface area (TPSA) is 61.6 Å². The van der Waals surface area contributed by atoms with Crippen LogP contribution in [0.15, 0.2) is 149 Å². The zero-order valence-electron chi connectivity index (χ0n) is 24.5. The van der Waals surface area contributed by atoms with Crippen LogP contribution in [0.5, 0.6) is 0 Å². The van der Waals surface area contributed by atoms with Crippen molar-refractivity contribution >= 4 is 44.3 Å². The normalized spacial score (nSPS) is 19.4. The lowest BCUT2D eigenvalue weighted by Crippen LogP contribution is -2.51. The maximum atomic E-state index is 6.25. The third-order valence-corrected chi connectivity index (χ3v) is 8.98. The second-order valence-corrected chi connectivity index (χ2v) is 11.8. The number of fused-ring (bicyclic) bond motifs is 5. The number of nitrogens with one attached hydrogen (secondary N) is 3. The number of rotatable bonds is 3. The van der Waals surface area contributed by atoms with Gasteiger partial charge in [-0.1, -0.05) is 109 Å². The minimum absolute atomic E-state index is 0.142. The van der Waals surface area contributed by atoms with Crippen molar-refractivity contribution in [3.8, 4) is 11.1 Å². The third kappa shape index (κ3) is 4.57. The van der Waals surface area contributed by atoms with Crippen LogP contribution in [0.4, 0.5) is 0 Å². The molecule has 6 aromatic carbocycles. The number of aliphatic imine (C=N–C) groups is 1. The molecule has 3 heterocycles.